The first-order valence-corrected chi connectivity index (χ1v) is 10.8. The van der Waals surface area contributed by atoms with E-state index < -0.39 is 5.91 Å². The van der Waals surface area contributed by atoms with Gasteiger partial charge in [0.2, 0.25) is 5.13 Å². The lowest BCUT2D eigenvalue weighted by atomic mass is 10.1. The average molecular weight is 473 g/mol. The zero-order valence-corrected chi connectivity index (χ0v) is 18.2. The molecule has 1 heterocycles. The van der Waals surface area contributed by atoms with Crippen LogP contribution >= 0.6 is 57.9 Å². The molecule has 0 bridgehead atoms. The molecule has 0 unspecified atom stereocenters. The molecule has 0 radical (unpaired) electrons. The van der Waals surface area contributed by atoms with E-state index in [1.54, 1.807) is 24.3 Å². The molecule has 10 heteroatoms. The van der Waals surface area contributed by atoms with Gasteiger partial charge in [-0.05, 0) is 48.9 Å². The van der Waals surface area contributed by atoms with Crippen molar-refractivity contribution >= 4 is 74.7 Å². The number of nitrogens with zero attached hydrogens (tertiary/aromatic N) is 2. The standard InChI is InChI=1S/C18H12Cl3N3O2S2/c1-9-6-10(2-5-13(9)20)15(25)8-27-18-24-23-17(28-18)22-16(26)12-4-3-11(19)7-14(12)21/h2-7H,8H2,1H3,(H,22,23,26). The van der Waals surface area contributed by atoms with Crippen molar-refractivity contribution in [3.05, 3.63) is 68.2 Å². The molecule has 0 aliphatic carbocycles. The van der Waals surface area contributed by atoms with Crippen LogP contribution in [-0.2, 0) is 0 Å². The van der Waals surface area contributed by atoms with E-state index in [4.69, 9.17) is 34.8 Å². The van der Waals surface area contributed by atoms with Crippen molar-refractivity contribution in [1.29, 1.82) is 0 Å². The van der Waals surface area contributed by atoms with E-state index in [-0.39, 0.29) is 22.1 Å². The summed E-state index contributed by atoms with van der Waals surface area (Å²) in [7, 11) is 0. The molecule has 3 aromatic rings. The second kappa shape index (κ2) is 9.24. The zero-order chi connectivity index (χ0) is 20.3. The normalized spacial score (nSPS) is 10.7. The highest BCUT2D eigenvalue weighted by Gasteiger charge is 2.15. The van der Waals surface area contributed by atoms with E-state index in [1.165, 1.54) is 35.2 Å². The summed E-state index contributed by atoms with van der Waals surface area (Å²) in [5.41, 5.74) is 1.72. The van der Waals surface area contributed by atoms with Crippen LogP contribution in [0.15, 0.2) is 40.7 Å². The highest BCUT2D eigenvalue weighted by atomic mass is 35.5. The molecule has 5 nitrogen and oxygen atoms in total. The van der Waals surface area contributed by atoms with E-state index in [0.717, 1.165) is 5.56 Å². The number of carbonyl (C=O) groups excluding carboxylic acids is 2. The number of ketones is 1. The third kappa shape index (κ3) is 5.24. The van der Waals surface area contributed by atoms with Crippen molar-refractivity contribution in [1.82, 2.24) is 10.2 Å². The Morgan fingerprint density at radius 2 is 1.86 bits per heavy atom. The Hall–Kier alpha value is -1.64. The largest absolute Gasteiger partial charge is 0.296 e. The van der Waals surface area contributed by atoms with Gasteiger partial charge in [0.25, 0.3) is 5.91 Å². The van der Waals surface area contributed by atoms with Crippen LogP contribution in [0.25, 0.3) is 0 Å². The molecular weight excluding hydrogens is 461 g/mol. The van der Waals surface area contributed by atoms with Gasteiger partial charge in [-0.25, -0.2) is 0 Å². The van der Waals surface area contributed by atoms with Gasteiger partial charge in [0, 0.05) is 15.6 Å². The SMILES string of the molecule is Cc1cc(C(=O)CSc2nnc(NC(=O)c3ccc(Cl)cc3Cl)s2)ccc1Cl. The molecule has 0 spiro atoms. The number of rotatable bonds is 6. The Balaban J connectivity index is 1.60. The molecule has 1 amide bonds. The topological polar surface area (TPSA) is 72.0 Å². The first kappa shape index (κ1) is 21.1. The second-order valence-electron chi connectivity index (χ2n) is 5.63. The maximum atomic E-state index is 12.3. The number of carbonyl (C=O) groups is 2. The fourth-order valence-corrected chi connectivity index (χ4v) is 4.44. The number of nitrogens with one attached hydrogen (secondary N) is 1. The van der Waals surface area contributed by atoms with E-state index in [9.17, 15) is 9.59 Å². The third-order valence-corrected chi connectivity index (χ3v) is 6.55. The Morgan fingerprint density at radius 3 is 2.57 bits per heavy atom. The number of halogens is 3. The molecule has 0 atom stereocenters. The van der Waals surface area contributed by atoms with Crippen LogP contribution < -0.4 is 5.32 Å². The molecule has 1 aromatic heterocycles. The molecular formula is C18H12Cl3N3O2S2. The molecule has 144 valence electrons. The highest BCUT2D eigenvalue weighted by molar-refractivity contribution is 8.01. The van der Waals surface area contributed by atoms with Crippen molar-refractivity contribution in [2.75, 3.05) is 11.1 Å². The van der Waals surface area contributed by atoms with Gasteiger partial charge in [-0.3, -0.25) is 14.9 Å². The molecule has 3 rings (SSSR count). The number of Topliss-reactive ketones (excluding diaryl/α,β-unsaturated/α-hetero) is 1. The van der Waals surface area contributed by atoms with Crippen molar-refractivity contribution in [3.8, 4) is 0 Å². The molecule has 0 saturated heterocycles. The zero-order valence-electron chi connectivity index (χ0n) is 14.3. The Bertz CT molecular complexity index is 1060. The van der Waals surface area contributed by atoms with Crippen LogP contribution in [0, 0.1) is 6.92 Å². The van der Waals surface area contributed by atoms with Crippen LogP contribution in [0.5, 0.6) is 0 Å². The van der Waals surface area contributed by atoms with Gasteiger partial charge in [0.15, 0.2) is 10.1 Å². The van der Waals surface area contributed by atoms with Gasteiger partial charge in [-0.15, -0.1) is 10.2 Å². The Morgan fingerprint density at radius 1 is 1.07 bits per heavy atom. The van der Waals surface area contributed by atoms with Gasteiger partial charge >= 0.3 is 0 Å². The van der Waals surface area contributed by atoms with E-state index >= 15 is 0 Å². The van der Waals surface area contributed by atoms with Gasteiger partial charge in [0.05, 0.1) is 16.3 Å². The maximum Gasteiger partial charge on any atom is 0.259 e. The molecule has 28 heavy (non-hydrogen) atoms. The lowest BCUT2D eigenvalue weighted by Crippen LogP contribution is -2.12. The van der Waals surface area contributed by atoms with Crippen LogP contribution in [-0.4, -0.2) is 27.6 Å². The summed E-state index contributed by atoms with van der Waals surface area (Å²) in [5.74, 6) is -0.257. The number of benzene rings is 2. The predicted molar refractivity (Wildman–Crippen MR) is 116 cm³/mol. The Labute approximate surface area is 184 Å². The summed E-state index contributed by atoms with van der Waals surface area (Å²) in [6.45, 7) is 1.85. The van der Waals surface area contributed by atoms with Crippen molar-refractivity contribution < 1.29 is 9.59 Å². The highest BCUT2D eigenvalue weighted by Crippen LogP contribution is 2.28. The summed E-state index contributed by atoms with van der Waals surface area (Å²) in [6, 6.07) is 9.75. The minimum absolute atomic E-state index is 0.0431. The summed E-state index contributed by atoms with van der Waals surface area (Å²) in [6.07, 6.45) is 0. The monoisotopic (exact) mass is 471 g/mol. The molecule has 1 N–H and O–H groups in total. The number of hydrogen-bond acceptors (Lipinski definition) is 6. The molecule has 0 aliphatic heterocycles. The van der Waals surface area contributed by atoms with Crippen LogP contribution in [0.2, 0.25) is 15.1 Å². The van der Waals surface area contributed by atoms with E-state index in [2.05, 4.69) is 15.5 Å². The molecule has 0 fully saturated rings. The van der Waals surface area contributed by atoms with Gasteiger partial charge < -0.3 is 0 Å². The van der Waals surface area contributed by atoms with Crippen molar-refractivity contribution in [3.63, 3.8) is 0 Å². The first-order chi connectivity index (χ1) is 13.3. The minimum Gasteiger partial charge on any atom is -0.296 e. The average Bonchev–Trinajstić information content (AvgIpc) is 3.09. The first-order valence-electron chi connectivity index (χ1n) is 7.85. The minimum atomic E-state index is -0.415. The predicted octanol–water partition coefficient (Wildman–Crippen LogP) is 6.03. The van der Waals surface area contributed by atoms with E-state index in [1.807, 2.05) is 6.92 Å². The van der Waals surface area contributed by atoms with Crippen LogP contribution in [0.1, 0.15) is 26.3 Å². The van der Waals surface area contributed by atoms with Crippen molar-refractivity contribution in [2.24, 2.45) is 0 Å². The Kier molecular flexibility index (Phi) is 6.95. The molecule has 0 aliphatic rings. The second-order valence-corrected chi connectivity index (χ2v) is 9.08. The van der Waals surface area contributed by atoms with Gasteiger partial charge in [0.1, 0.15) is 0 Å². The number of anilines is 1. The lowest BCUT2D eigenvalue weighted by Gasteiger charge is -2.03. The summed E-state index contributed by atoms with van der Waals surface area (Å²) >= 11 is 20.3. The van der Waals surface area contributed by atoms with Crippen LogP contribution in [0.4, 0.5) is 5.13 Å². The molecule has 0 saturated carbocycles. The smallest absolute Gasteiger partial charge is 0.259 e. The number of thioether (sulfide) groups is 1. The third-order valence-electron chi connectivity index (χ3n) is 3.61. The summed E-state index contributed by atoms with van der Waals surface area (Å²) < 4.78 is 0.566. The number of aromatic nitrogens is 2. The quantitative estimate of drug-likeness (QED) is 0.269. The van der Waals surface area contributed by atoms with Crippen LogP contribution in [0.3, 0.4) is 0 Å². The van der Waals surface area contributed by atoms with Crippen molar-refractivity contribution in [2.45, 2.75) is 11.3 Å². The summed E-state index contributed by atoms with van der Waals surface area (Å²) in [5, 5.41) is 12.2. The summed E-state index contributed by atoms with van der Waals surface area (Å²) in [4.78, 5) is 24.6. The molecule has 2 aromatic carbocycles. The number of amides is 1. The fraction of sp³-hybridized carbons (Fsp3) is 0.111. The fourth-order valence-electron chi connectivity index (χ4n) is 2.19. The van der Waals surface area contributed by atoms with E-state index in [0.29, 0.717) is 25.1 Å². The van der Waals surface area contributed by atoms with Gasteiger partial charge in [-0.2, -0.15) is 0 Å². The van der Waals surface area contributed by atoms with Gasteiger partial charge in [-0.1, -0.05) is 57.9 Å². The maximum absolute atomic E-state index is 12.3. The number of aryl methyl sites for hydroxylation is 1. The lowest BCUT2D eigenvalue weighted by molar-refractivity contribution is 0.101. The number of hydrogen-bond donors (Lipinski definition) is 1.